The smallest absolute Gasteiger partial charge is 0.241 e. The largest absolute Gasteiger partial charge is 0.497 e. The lowest BCUT2D eigenvalue weighted by Crippen LogP contribution is -2.46. The number of benzene rings is 1. The van der Waals surface area contributed by atoms with E-state index in [1.54, 1.807) is 13.2 Å². The van der Waals surface area contributed by atoms with Crippen molar-refractivity contribution >= 4 is 17.4 Å². The molecule has 0 radical (unpaired) electrons. The van der Waals surface area contributed by atoms with Crippen LogP contribution in [0.4, 0.5) is 5.82 Å². The van der Waals surface area contributed by atoms with Crippen LogP contribution in [0.1, 0.15) is 11.6 Å². The number of ether oxygens (including phenoxy) is 1. The second-order valence-electron chi connectivity index (χ2n) is 6.62. The maximum atomic E-state index is 9.10. The molecule has 8 nitrogen and oxygen atoms in total. The first-order valence-corrected chi connectivity index (χ1v) is 9.55. The summed E-state index contributed by atoms with van der Waals surface area (Å²) in [6.07, 6.45) is 0. The van der Waals surface area contributed by atoms with Crippen LogP contribution in [0.2, 0.25) is 5.02 Å². The number of piperazine rings is 1. The van der Waals surface area contributed by atoms with E-state index in [0.717, 1.165) is 43.3 Å². The predicted octanol–water partition coefficient (Wildman–Crippen LogP) is 2.99. The van der Waals surface area contributed by atoms with Crippen molar-refractivity contribution in [3.05, 3.63) is 53.0 Å². The zero-order valence-corrected chi connectivity index (χ0v) is 16.6. The summed E-state index contributed by atoms with van der Waals surface area (Å²) >= 11 is 5.97. The summed E-state index contributed by atoms with van der Waals surface area (Å²) in [6.45, 7) is 3.82. The highest BCUT2D eigenvalue weighted by Crippen LogP contribution is 2.22. The number of methoxy groups -OCH3 is 1. The zero-order valence-electron chi connectivity index (χ0n) is 15.9. The fourth-order valence-electron chi connectivity index (χ4n) is 3.19. The van der Waals surface area contributed by atoms with Crippen LogP contribution in [0, 0.1) is 11.3 Å². The molecule has 1 saturated heterocycles. The minimum Gasteiger partial charge on any atom is -0.497 e. The van der Waals surface area contributed by atoms with Crippen LogP contribution in [0.5, 0.6) is 5.75 Å². The molecular weight excluding hydrogens is 392 g/mol. The Balaban J connectivity index is 1.35. The Hall–Kier alpha value is -3.15. The molecule has 1 aromatic carbocycles. The Morgan fingerprint density at radius 3 is 2.55 bits per heavy atom. The van der Waals surface area contributed by atoms with Crippen molar-refractivity contribution in [2.75, 3.05) is 38.2 Å². The Labute approximate surface area is 173 Å². The molecule has 1 aliphatic heterocycles. The van der Waals surface area contributed by atoms with E-state index >= 15 is 0 Å². The van der Waals surface area contributed by atoms with Gasteiger partial charge in [0.05, 0.1) is 18.7 Å². The lowest BCUT2D eigenvalue weighted by molar-refractivity contribution is 0.215. The van der Waals surface area contributed by atoms with E-state index in [2.05, 4.69) is 24.9 Å². The summed E-state index contributed by atoms with van der Waals surface area (Å²) in [5, 5.41) is 13.6. The standard InChI is InChI=1S/C20H19ClN6O2/c1-28-15-4-2-14(3-5-15)20-24-19(29-25-20)13-26-8-10-27(11-9-26)18-7-6-16(21)17(12-22)23-18/h2-7H,8-11,13H2,1H3. The van der Waals surface area contributed by atoms with Crippen molar-refractivity contribution in [1.82, 2.24) is 20.0 Å². The number of halogens is 1. The first kappa shape index (κ1) is 19.2. The lowest BCUT2D eigenvalue weighted by Gasteiger charge is -2.34. The Morgan fingerprint density at radius 2 is 1.86 bits per heavy atom. The van der Waals surface area contributed by atoms with Gasteiger partial charge in [-0.25, -0.2) is 4.98 Å². The van der Waals surface area contributed by atoms with E-state index in [0.29, 0.717) is 23.3 Å². The quantitative estimate of drug-likeness (QED) is 0.634. The number of aromatic nitrogens is 3. The number of rotatable bonds is 5. The monoisotopic (exact) mass is 410 g/mol. The molecule has 0 atom stereocenters. The molecule has 9 heteroatoms. The van der Waals surface area contributed by atoms with Crippen LogP contribution in [0.15, 0.2) is 40.9 Å². The van der Waals surface area contributed by atoms with Gasteiger partial charge in [0.2, 0.25) is 11.7 Å². The maximum Gasteiger partial charge on any atom is 0.241 e. The third-order valence-corrected chi connectivity index (χ3v) is 5.11. The summed E-state index contributed by atoms with van der Waals surface area (Å²) in [5.41, 5.74) is 1.14. The number of hydrogen-bond acceptors (Lipinski definition) is 8. The van der Waals surface area contributed by atoms with Gasteiger partial charge in [0.25, 0.3) is 0 Å². The number of hydrogen-bond donors (Lipinski definition) is 0. The van der Waals surface area contributed by atoms with E-state index in [-0.39, 0.29) is 5.69 Å². The molecule has 4 rings (SSSR count). The second-order valence-corrected chi connectivity index (χ2v) is 7.02. The average Bonchev–Trinajstić information content (AvgIpc) is 3.23. The molecule has 1 aliphatic rings. The highest BCUT2D eigenvalue weighted by Gasteiger charge is 2.21. The molecule has 0 spiro atoms. The van der Waals surface area contributed by atoms with Crippen LogP contribution in [-0.2, 0) is 6.54 Å². The fraction of sp³-hybridized carbons (Fsp3) is 0.300. The van der Waals surface area contributed by atoms with Crippen molar-refractivity contribution in [1.29, 1.82) is 5.26 Å². The van der Waals surface area contributed by atoms with Crippen LogP contribution < -0.4 is 9.64 Å². The zero-order chi connectivity index (χ0) is 20.2. The van der Waals surface area contributed by atoms with E-state index < -0.39 is 0 Å². The molecule has 0 saturated carbocycles. The second kappa shape index (κ2) is 8.47. The predicted molar refractivity (Wildman–Crippen MR) is 108 cm³/mol. The Kier molecular flexibility index (Phi) is 5.60. The molecule has 0 amide bonds. The Morgan fingerprint density at radius 1 is 1.10 bits per heavy atom. The third-order valence-electron chi connectivity index (χ3n) is 4.81. The van der Waals surface area contributed by atoms with E-state index in [1.165, 1.54) is 0 Å². The number of anilines is 1. The topological polar surface area (TPSA) is 91.3 Å². The normalized spacial score (nSPS) is 14.6. The van der Waals surface area contributed by atoms with Crippen molar-refractivity contribution < 1.29 is 9.26 Å². The van der Waals surface area contributed by atoms with Gasteiger partial charge in [0, 0.05) is 31.7 Å². The molecule has 0 N–H and O–H groups in total. The molecule has 29 heavy (non-hydrogen) atoms. The van der Waals surface area contributed by atoms with Gasteiger partial charge in [0.1, 0.15) is 17.6 Å². The lowest BCUT2D eigenvalue weighted by atomic mass is 10.2. The van der Waals surface area contributed by atoms with Gasteiger partial charge in [-0.1, -0.05) is 16.8 Å². The molecule has 1 fully saturated rings. The number of pyridine rings is 1. The average molecular weight is 411 g/mol. The molecule has 0 aliphatic carbocycles. The SMILES string of the molecule is COc1ccc(-c2noc(CN3CCN(c4ccc(Cl)c(C#N)n4)CC3)n2)cc1. The van der Waals surface area contributed by atoms with E-state index in [1.807, 2.05) is 36.4 Å². The summed E-state index contributed by atoms with van der Waals surface area (Å²) in [5.74, 6) is 2.70. The highest BCUT2D eigenvalue weighted by atomic mass is 35.5. The van der Waals surface area contributed by atoms with Gasteiger partial charge in [0.15, 0.2) is 5.69 Å². The highest BCUT2D eigenvalue weighted by molar-refractivity contribution is 6.31. The van der Waals surface area contributed by atoms with E-state index in [4.69, 9.17) is 26.1 Å². The van der Waals surface area contributed by atoms with Crippen molar-refractivity contribution in [2.24, 2.45) is 0 Å². The van der Waals surface area contributed by atoms with Crippen LogP contribution in [-0.4, -0.2) is 53.3 Å². The summed E-state index contributed by atoms with van der Waals surface area (Å²) in [6, 6.07) is 13.1. The van der Waals surface area contributed by atoms with Crippen molar-refractivity contribution in [2.45, 2.75) is 6.54 Å². The number of nitriles is 1. The van der Waals surface area contributed by atoms with Crippen molar-refractivity contribution in [3.8, 4) is 23.2 Å². The molecular formula is C20H19ClN6O2. The maximum absolute atomic E-state index is 9.10. The first-order valence-electron chi connectivity index (χ1n) is 9.17. The molecule has 0 unspecified atom stereocenters. The van der Waals surface area contributed by atoms with Gasteiger partial charge in [-0.3, -0.25) is 4.90 Å². The first-order chi connectivity index (χ1) is 14.2. The molecule has 3 heterocycles. The fourth-order valence-corrected chi connectivity index (χ4v) is 3.34. The minimum absolute atomic E-state index is 0.253. The molecule has 3 aromatic rings. The molecule has 148 valence electrons. The van der Waals surface area contributed by atoms with E-state index in [9.17, 15) is 0 Å². The summed E-state index contributed by atoms with van der Waals surface area (Å²) in [4.78, 5) is 13.2. The van der Waals surface area contributed by atoms with Crippen LogP contribution >= 0.6 is 11.6 Å². The summed E-state index contributed by atoms with van der Waals surface area (Å²) in [7, 11) is 1.63. The van der Waals surface area contributed by atoms with Gasteiger partial charge < -0.3 is 14.2 Å². The van der Waals surface area contributed by atoms with Gasteiger partial charge in [-0.15, -0.1) is 0 Å². The van der Waals surface area contributed by atoms with Gasteiger partial charge >= 0.3 is 0 Å². The van der Waals surface area contributed by atoms with Gasteiger partial charge in [-0.05, 0) is 36.4 Å². The summed E-state index contributed by atoms with van der Waals surface area (Å²) < 4.78 is 10.6. The molecule has 0 bridgehead atoms. The minimum atomic E-state index is 0.253. The van der Waals surface area contributed by atoms with Gasteiger partial charge in [-0.2, -0.15) is 10.2 Å². The Bertz CT molecular complexity index is 1020. The third kappa shape index (κ3) is 4.31. The van der Waals surface area contributed by atoms with Crippen molar-refractivity contribution in [3.63, 3.8) is 0 Å². The van der Waals surface area contributed by atoms with Crippen LogP contribution in [0.3, 0.4) is 0 Å². The molecule has 2 aromatic heterocycles. The number of nitrogens with zero attached hydrogens (tertiary/aromatic N) is 6. The van der Waals surface area contributed by atoms with Crippen LogP contribution in [0.25, 0.3) is 11.4 Å².